The van der Waals surface area contributed by atoms with Crippen molar-refractivity contribution in [2.75, 3.05) is 13.7 Å². The van der Waals surface area contributed by atoms with Crippen molar-refractivity contribution in [3.8, 4) is 0 Å². The van der Waals surface area contributed by atoms with Gasteiger partial charge in [0.2, 0.25) is 0 Å². The Morgan fingerprint density at radius 2 is 2.00 bits per heavy atom. The van der Waals surface area contributed by atoms with E-state index in [0.29, 0.717) is 5.92 Å². The zero-order valence-corrected chi connectivity index (χ0v) is 6.42. The number of ether oxygens (including phenoxy) is 1. The predicted octanol–water partition coefficient (Wildman–Crippen LogP) is 1.04. The van der Waals surface area contributed by atoms with Gasteiger partial charge in [-0.25, -0.2) is 0 Å². The van der Waals surface area contributed by atoms with Crippen LogP contribution in [-0.4, -0.2) is 24.9 Å². The lowest BCUT2D eigenvalue weighted by atomic mass is 10.0. The van der Waals surface area contributed by atoms with Gasteiger partial charge in [-0.3, -0.25) is 0 Å². The molecule has 0 saturated carbocycles. The Morgan fingerprint density at radius 1 is 1.44 bits per heavy atom. The number of hydrogen-bond donors (Lipinski definition) is 1. The highest BCUT2D eigenvalue weighted by Crippen LogP contribution is 2.06. The minimum Gasteiger partial charge on any atom is -0.393 e. The molecule has 0 fully saturated rings. The summed E-state index contributed by atoms with van der Waals surface area (Å²) >= 11 is 0. The van der Waals surface area contributed by atoms with Gasteiger partial charge >= 0.3 is 0 Å². The first-order chi connectivity index (χ1) is 4.18. The highest BCUT2D eigenvalue weighted by molar-refractivity contribution is 4.57. The maximum Gasteiger partial charge on any atom is 0.0538 e. The van der Waals surface area contributed by atoms with Gasteiger partial charge in [-0.1, -0.05) is 6.92 Å². The molecule has 2 atom stereocenters. The van der Waals surface area contributed by atoms with Crippen LogP contribution in [0.1, 0.15) is 20.3 Å². The zero-order chi connectivity index (χ0) is 7.28. The van der Waals surface area contributed by atoms with Gasteiger partial charge in [-0.2, -0.15) is 0 Å². The Kier molecular flexibility index (Phi) is 4.72. The van der Waals surface area contributed by atoms with E-state index < -0.39 is 0 Å². The lowest BCUT2D eigenvalue weighted by molar-refractivity contribution is 0.102. The predicted molar refractivity (Wildman–Crippen MR) is 37.3 cm³/mol. The summed E-state index contributed by atoms with van der Waals surface area (Å²) in [6.45, 7) is 4.57. The van der Waals surface area contributed by atoms with Crippen LogP contribution in [0, 0.1) is 5.92 Å². The number of methoxy groups -OCH3 is 1. The molecule has 1 N–H and O–H groups in total. The second-order valence-corrected chi connectivity index (χ2v) is 2.50. The molecule has 0 unspecified atom stereocenters. The van der Waals surface area contributed by atoms with Crippen molar-refractivity contribution in [1.29, 1.82) is 0 Å². The van der Waals surface area contributed by atoms with E-state index in [1.807, 2.05) is 6.92 Å². The van der Waals surface area contributed by atoms with Crippen LogP contribution in [0.2, 0.25) is 0 Å². The largest absolute Gasteiger partial charge is 0.393 e. The van der Waals surface area contributed by atoms with Gasteiger partial charge in [-0.15, -0.1) is 0 Å². The molecule has 0 heterocycles. The molecule has 0 aromatic carbocycles. The molecule has 0 amide bonds. The number of rotatable bonds is 4. The third-order valence-corrected chi connectivity index (χ3v) is 1.60. The van der Waals surface area contributed by atoms with E-state index in [1.165, 1.54) is 0 Å². The number of hydrogen-bond acceptors (Lipinski definition) is 2. The molecule has 56 valence electrons. The summed E-state index contributed by atoms with van der Waals surface area (Å²) < 4.78 is 4.85. The van der Waals surface area contributed by atoms with E-state index in [1.54, 1.807) is 14.0 Å². The van der Waals surface area contributed by atoms with Crippen LogP contribution in [0.4, 0.5) is 0 Å². The van der Waals surface area contributed by atoms with Crippen molar-refractivity contribution in [3.63, 3.8) is 0 Å². The van der Waals surface area contributed by atoms with Crippen molar-refractivity contribution in [1.82, 2.24) is 0 Å². The molecular formula is C7H16O2. The van der Waals surface area contributed by atoms with Gasteiger partial charge in [0.1, 0.15) is 0 Å². The van der Waals surface area contributed by atoms with Crippen molar-refractivity contribution in [2.24, 2.45) is 5.92 Å². The minimum absolute atomic E-state index is 0.208. The molecular weight excluding hydrogens is 116 g/mol. The molecule has 2 heteroatoms. The van der Waals surface area contributed by atoms with Crippen molar-refractivity contribution in [3.05, 3.63) is 0 Å². The highest BCUT2D eigenvalue weighted by Gasteiger charge is 2.06. The third-order valence-electron chi connectivity index (χ3n) is 1.60. The smallest absolute Gasteiger partial charge is 0.0538 e. The summed E-state index contributed by atoms with van der Waals surface area (Å²) in [7, 11) is 1.68. The fourth-order valence-electron chi connectivity index (χ4n) is 0.545. The first-order valence-corrected chi connectivity index (χ1v) is 3.35. The van der Waals surface area contributed by atoms with Gasteiger partial charge in [0.05, 0.1) is 6.10 Å². The second kappa shape index (κ2) is 4.77. The van der Waals surface area contributed by atoms with Crippen molar-refractivity contribution in [2.45, 2.75) is 26.4 Å². The molecule has 0 aromatic rings. The molecule has 0 rings (SSSR count). The Morgan fingerprint density at radius 3 is 2.33 bits per heavy atom. The van der Waals surface area contributed by atoms with Gasteiger partial charge in [0.15, 0.2) is 0 Å². The normalized spacial score (nSPS) is 17.3. The Labute approximate surface area is 56.8 Å². The number of aliphatic hydroxyl groups is 1. The summed E-state index contributed by atoms with van der Waals surface area (Å²) in [5, 5.41) is 8.99. The molecule has 0 bridgehead atoms. The molecule has 0 aliphatic heterocycles. The van der Waals surface area contributed by atoms with Gasteiger partial charge in [0, 0.05) is 13.7 Å². The molecule has 0 aliphatic carbocycles. The molecule has 0 saturated heterocycles. The fourth-order valence-corrected chi connectivity index (χ4v) is 0.545. The zero-order valence-electron chi connectivity index (χ0n) is 6.42. The van der Waals surface area contributed by atoms with Gasteiger partial charge in [-0.05, 0) is 19.3 Å². The summed E-state index contributed by atoms with van der Waals surface area (Å²) in [6.07, 6.45) is 0.730. The maximum atomic E-state index is 8.99. The lowest BCUT2D eigenvalue weighted by Crippen LogP contribution is -2.14. The quantitative estimate of drug-likeness (QED) is 0.619. The first kappa shape index (κ1) is 8.92. The Bertz CT molecular complexity index is 61.9. The molecule has 0 radical (unpaired) electrons. The van der Waals surface area contributed by atoms with E-state index >= 15 is 0 Å². The standard InChI is InChI=1S/C7H16O2/c1-6(7(2)8)4-5-9-3/h6-8H,4-5H2,1-3H3/t6-,7+/m0/s1. The van der Waals surface area contributed by atoms with E-state index in [0.717, 1.165) is 13.0 Å². The molecule has 0 aromatic heterocycles. The van der Waals surface area contributed by atoms with Crippen LogP contribution in [0.25, 0.3) is 0 Å². The lowest BCUT2D eigenvalue weighted by Gasteiger charge is -2.12. The Hall–Kier alpha value is -0.0800. The molecule has 0 aliphatic rings. The molecule has 9 heavy (non-hydrogen) atoms. The minimum atomic E-state index is -0.208. The van der Waals surface area contributed by atoms with Crippen LogP contribution < -0.4 is 0 Å². The van der Waals surface area contributed by atoms with Crippen LogP contribution in [0.3, 0.4) is 0 Å². The van der Waals surface area contributed by atoms with Gasteiger partial charge < -0.3 is 9.84 Å². The first-order valence-electron chi connectivity index (χ1n) is 3.35. The van der Waals surface area contributed by atoms with Crippen LogP contribution in [0.5, 0.6) is 0 Å². The average molecular weight is 132 g/mol. The maximum absolute atomic E-state index is 8.99. The van der Waals surface area contributed by atoms with Gasteiger partial charge in [0.25, 0.3) is 0 Å². The fraction of sp³-hybridized carbons (Fsp3) is 1.00. The molecule has 0 spiro atoms. The SMILES string of the molecule is COCC[C@H](C)[C@@H](C)O. The van der Waals surface area contributed by atoms with Crippen LogP contribution in [0.15, 0.2) is 0 Å². The second-order valence-electron chi connectivity index (χ2n) is 2.50. The molecule has 2 nitrogen and oxygen atoms in total. The summed E-state index contributed by atoms with van der Waals surface area (Å²) in [4.78, 5) is 0. The highest BCUT2D eigenvalue weighted by atomic mass is 16.5. The van der Waals surface area contributed by atoms with Crippen molar-refractivity contribution >= 4 is 0 Å². The van der Waals surface area contributed by atoms with E-state index in [2.05, 4.69) is 0 Å². The monoisotopic (exact) mass is 132 g/mol. The van der Waals surface area contributed by atoms with Crippen LogP contribution in [-0.2, 0) is 4.74 Å². The van der Waals surface area contributed by atoms with Crippen molar-refractivity contribution < 1.29 is 9.84 Å². The summed E-state index contributed by atoms with van der Waals surface area (Å²) in [5.41, 5.74) is 0. The van der Waals surface area contributed by atoms with Crippen LogP contribution >= 0.6 is 0 Å². The average Bonchev–Trinajstić information content (AvgIpc) is 1.82. The van der Waals surface area contributed by atoms with E-state index in [4.69, 9.17) is 9.84 Å². The summed E-state index contributed by atoms with van der Waals surface area (Å²) in [5.74, 6) is 0.352. The summed E-state index contributed by atoms with van der Waals surface area (Å²) in [6, 6.07) is 0. The van der Waals surface area contributed by atoms with E-state index in [-0.39, 0.29) is 6.10 Å². The Balaban J connectivity index is 3.16. The van der Waals surface area contributed by atoms with E-state index in [9.17, 15) is 0 Å². The third kappa shape index (κ3) is 4.43. The number of aliphatic hydroxyl groups excluding tert-OH is 1. The topological polar surface area (TPSA) is 29.5 Å².